The molecule has 1 aromatic heterocycles. The highest BCUT2D eigenvalue weighted by molar-refractivity contribution is 9.10. The van der Waals surface area contributed by atoms with Crippen LogP contribution < -0.4 is 0 Å². The first-order chi connectivity index (χ1) is 10.1. The topological polar surface area (TPSA) is 34.9 Å². The van der Waals surface area contributed by atoms with E-state index in [0.29, 0.717) is 5.78 Å². The summed E-state index contributed by atoms with van der Waals surface area (Å²) in [5.74, 6) is 1.38. The van der Waals surface area contributed by atoms with E-state index in [4.69, 9.17) is 0 Å². The highest BCUT2D eigenvalue weighted by Gasteiger charge is 2.30. The van der Waals surface area contributed by atoms with Crippen molar-refractivity contribution in [3.8, 4) is 0 Å². The minimum atomic E-state index is 0.193. The molecule has 0 bridgehead atoms. The molecule has 0 N–H and O–H groups in total. The summed E-state index contributed by atoms with van der Waals surface area (Å²) in [4.78, 5) is 12.3. The first-order valence-corrected chi connectivity index (χ1v) is 9.16. The van der Waals surface area contributed by atoms with E-state index in [0.717, 1.165) is 54.7 Å². The van der Waals surface area contributed by atoms with Crippen LogP contribution in [0.2, 0.25) is 0 Å². The number of nitrogens with zero attached hydrogens (tertiary/aromatic N) is 2. The summed E-state index contributed by atoms with van der Waals surface area (Å²) in [5.41, 5.74) is 2.32. The SMILES string of the molecule is CCCC1CCC(=O)C(Cc2c(Br)c(CC)nn2CC)C1. The Labute approximate surface area is 136 Å². The fourth-order valence-corrected chi connectivity index (χ4v) is 4.24. The Hall–Kier alpha value is -0.640. The molecule has 1 aromatic rings. The van der Waals surface area contributed by atoms with Gasteiger partial charge in [0, 0.05) is 25.3 Å². The zero-order valence-electron chi connectivity index (χ0n) is 13.5. The summed E-state index contributed by atoms with van der Waals surface area (Å²) < 4.78 is 3.19. The fourth-order valence-electron chi connectivity index (χ4n) is 3.52. The van der Waals surface area contributed by atoms with Crippen LogP contribution >= 0.6 is 15.9 Å². The number of aryl methyl sites for hydroxylation is 2. The van der Waals surface area contributed by atoms with Crippen molar-refractivity contribution in [1.82, 2.24) is 9.78 Å². The molecule has 0 saturated heterocycles. The van der Waals surface area contributed by atoms with Gasteiger partial charge >= 0.3 is 0 Å². The first-order valence-electron chi connectivity index (χ1n) is 8.37. The van der Waals surface area contributed by atoms with E-state index in [2.05, 4.69) is 46.5 Å². The molecule has 0 aromatic carbocycles. The standard InChI is InChI=1S/C17H27BrN2O/c1-4-7-12-8-9-16(21)13(10-12)11-15-17(18)14(5-2)19-20(15)6-3/h12-13H,4-11H2,1-3H3. The fraction of sp³-hybridized carbons (Fsp3) is 0.765. The molecule has 2 unspecified atom stereocenters. The van der Waals surface area contributed by atoms with Gasteiger partial charge in [0.05, 0.1) is 15.9 Å². The molecule has 0 radical (unpaired) electrons. The van der Waals surface area contributed by atoms with E-state index in [9.17, 15) is 4.79 Å². The maximum absolute atomic E-state index is 12.3. The molecule has 21 heavy (non-hydrogen) atoms. The molecule has 3 nitrogen and oxygen atoms in total. The molecule has 1 fully saturated rings. The van der Waals surface area contributed by atoms with E-state index in [1.54, 1.807) is 0 Å². The summed E-state index contributed by atoms with van der Waals surface area (Å²) in [6.45, 7) is 7.35. The lowest BCUT2D eigenvalue weighted by Gasteiger charge is -2.28. The highest BCUT2D eigenvalue weighted by Crippen LogP contribution is 2.34. The Kier molecular flexibility index (Phi) is 6.03. The Balaban J connectivity index is 2.16. The van der Waals surface area contributed by atoms with E-state index in [1.807, 2.05) is 0 Å². The Morgan fingerprint density at radius 3 is 2.71 bits per heavy atom. The van der Waals surface area contributed by atoms with Gasteiger partial charge in [-0.1, -0.05) is 26.7 Å². The van der Waals surface area contributed by atoms with Crippen LogP contribution in [0.15, 0.2) is 4.47 Å². The van der Waals surface area contributed by atoms with Crippen LogP contribution in [0.5, 0.6) is 0 Å². The molecule has 4 heteroatoms. The van der Waals surface area contributed by atoms with Gasteiger partial charge in [0.15, 0.2) is 0 Å². The van der Waals surface area contributed by atoms with Crippen LogP contribution in [0.4, 0.5) is 0 Å². The van der Waals surface area contributed by atoms with Crippen LogP contribution in [0.3, 0.4) is 0 Å². The van der Waals surface area contributed by atoms with Gasteiger partial charge in [0.25, 0.3) is 0 Å². The molecule has 2 atom stereocenters. The summed E-state index contributed by atoms with van der Waals surface area (Å²) in [6, 6.07) is 0. The van der Waals surface area contributed by atoms with Gasteiger partial charge in [-0.15, -0.1) is 0 Å². The average Bonchev–Trinajstić information content (AvgIpc) is 2.79. The largest absolute Gasteiger partial charge is 0.299 e. The molecule has 1 heterocycles. The van der Waals surface area contributed by atoms with E-state index in [1.165, 1.54) is 18.5 Å². The van der Waals surface area contributed by atoms with Crippen molar-refractivity contribution < 1.29 is 4.79 Å². The Morgan fingerprint density at radius 2 is 2.10 bits per heavy atom. The van der Waals surface area contributed by atoms with Crippen LogP contribution in [-0.4, -0.2) is 15.6 Å². The number of aromatic nitrogens is 2. The van der Waals surface area contributed by atoms with Gasteiger partial charge in [-0.3, -0.25) is 9.48 Å². The zero-order valence-corrected chi connectivity index (χ0v) is 15.1. The maximum Gasteiger partial charge on any atom is 0.136 e. The molecule has 1 aliphatic rings. The van der Waals surface area contributed by atoms with Crippen LogP contribution in [-0.2, 0) is 24.2 Å². The van der Waals surface area contributed by atoms with Gasteiger partial charge < -0.3 is 0 Å². The van der Waals surface area contributed by atoms with Crippen molar-refractivity contribution in [1.29, 1.82) is 0 Å². The predicted molar refractivity (Wildman–Crippen MR) is 89.4 cm³/mol. The molecule has 0 aliphatic heterocycles. The maximum atomic E-state index is 12.3. The minimum absolute atomic E-state index is 0.193. The van der Waals surface area contributed by atoms with Crippen molar-refractivity contribution in [3.05, 3.63) is 15.9 Å². The lowest BCUT2D eigenvalue weighted by molar-refractivity contribution is -0.125. The second kappa shape index (κ2) is 7.57. The van der Waals surface area contributed by atoms with Gasteiger partial charge in [0.1, 0.15) is 5.78 Å². The number of halogens is 1. The third-order valence-corrected chi connectivity index (χ3v) is 5.62. The third-order valence-electron chi connectivity index (χ3n) is 4.70. The molecule has 1 saturated carbocycles. The van der Waals surface area contributed by atoms with Crippen molar-refractivity contribution in [2.45, 2.75) is 72.3 Å². The third kappa shape index (κ3) is 3.77. The molecule has 2 rings (SSSR count). The van der Waals surface area contributed by atoms with Crippen molar-refractivity contribution in [2.24, 2.45) is 11.8 Å². The van der Waals surface area contributed by atoms with E-state index < -0.39 is 0 Å². The number of Topliss-reactive ketones (excluding diaryl/α,β-unsaturated/α-hetero) is 1. The molecule has 0 spiro atoms. The molecular formula is C17H27BrN2O. The number of rotatable bonds is 6. The van der Waals surface area contributed by atoms with Gasteiger partial charge in [-0.05, 0) is 48.0 Å². The number of carbonyl (C=O) groups is 1. The second-order valence-corrected chi connectivity index (χ2v) is 6.97. The number of hydrogen-bond donors (Lipinski definition) is 0. The molecule has 1 aliphatic carbocycles. The smallest absolute Gasteiger partial charge is 0.136 e. The normalized spacial score (nSPS) is 22.8. The average molecular weight is 355 g/mol. The highest BCUT2D eigenvalue weighted by atomic mass is 79.9. The number of hydrogen-bond acceptors (Lipinski definition) is 2. The van der Waals surface area contributed by atoms with Crippen LogP contribution in [0.25, 0.3) is 0 Å². The first kappa shape index (κ1) is 16.7. The van der Waals surface area contributed by atoms with Gasteiger partial charge in [-0.2, -0.15) is 5.10 Å². The van der Waals surface area contributed by atoms with Gasteiger partial charge in [0.2, 0.25) is 0 Å². The number of carbonyl (C=O) groups excluding carboxylic acids is 1. The van der Waals surface area contributed by atoms with E-state index in [-0.39, 0.29) is 5.92 Å². The number of ketones is 1. The summed E-state index contributed by atoms with van der Waals surface area (Å²) >= 11 is 3.70. The zero-order chi connectivity index (χ0) is 15.4. The lowest BCUT2D eigenvalue weighted by Crippen LogP contribution is -2.27. The Morgan fingerprint density at radius 1 is 1.33 bits per heavy atom. The summed E-state index contributed by atoms with van der Waals surface area (Å²) in [7, 11) is 0. The Bertz CT molecular complexity index is 495. The minimum Gasteiger partial charge on any atom is -0.299 e. The van der Waals surface area contributed by atoms with E-state index >= 15 is 0 Å². The summed E-state index contributed by atoms with van der Waals surface area (Å²) in [6.07, 6.45) is 7.19. The van der Waals surface area contributed by atoms with Crippen LogP contribution in [0, 0.1) is 11.8 Å². The second-order valence-electron chi connectivity index (χ2n) is 6.17. The molecule has 118 valence electrons. The molecule has 0 amide bonds. The lowest BCUT2D eigenvalue weighted by atomic mass is 9.77. The predicted octanol–water partition coefficient (Wildman–Crippen LogP) is 4.56. The van der Waals surface area contributed by atoms with Crippen LogP contribution in [0.1, 0.15) is 64.3 Å². The quantitative estimate of drug-likeness (QED) is 0.750. The van der Waals surface area contributed by atoms with Gasteiger partial charge in [-0.25, -0.2) is 0 Å². The summed E-state index contributed by atoms with van der Waals surface area (Å²) in [5, 5.41) is 4.65. The van der Waals surface area contributed by atoms with Crippen molar-refractivity contribution in [3.63, 3.8) is 0 Å². The molecular weight excluding hydrogens is 328 g/mol. The van der Waals surface area contributed by atoms with Crippen molar-refractivity contribution in [2.75, 3.05) is 0 Å². The monoisotopic (exact) mass is 354 g/mol. The van der Waals surface area contributed by atoms with Crippen molar-refractivity contribution >= 4 is 21.7 Å².